The molecule has 2 rings (SSSR count). The van der Waals surface area contributed by atoms with Crippen LogP contribution in [0.2, 0.25) is 5.02 Å². The first-order valence-electron chi connectivity index (χ1n) is 8.36. The Balaban J connectivity index is 1.95. The van der Waals surface area contributed by atoms with Gasteiger partial charge in [0.25, 0.3) is 0 Å². The van der Waals surface area contributed by atoms with E-state index in [9.17, 15) is 4.79 Å². The molecular formula is C20H21ClN2O5. The summed E-state index contributed by atoms with van der Waals surface area (Å²) in [6.45, 7) is 3.73. The first kappa shape index (κ1) is 21.4. The molecule has 0 bridgehead atoms. The summed E-state index contributed by atoms with van der Waals surface area (Å²) >= 11 is 6.14. The Hall–Kier alpha value is -2.90. The Bertz CT molecular complexity index is 824. The molecule has 7 nitrogen and oxygen atoms in total. The summed E-state index contributed by atoms with van der Waals surface area (Å²) in [5.41, 5.74) is 1.17. The van der Waals surface area contributed by atoms with Crippen molar-refractivity contribution < 1.29 is 23.7 Å². The number of carbonyl (C=O) groups is 1. The van der Waals surface area contributed by atoms with Crippen LogP contribution in [0.4, 0.5) is 11.4 Å². The number of methoxy groups -OCH3 is 2. The quantitative estimate of drug-likeness (QED) is 0.320. The Morgan fingerprint density at radius 2 is 1.82 bits per heavy atom. The highest BCUT2D eigenvalue weighted by Crippen LogP contribution is 2.30. The molecule has 0 aliphatic rings. The van der Waals surface area contributed by atoms with Gasteiger partial charge in [-0.05, 0) is 36.4 Å². The second-order valence-corrected chi connectivity index (χ2v) is 5.95. The van der Waals surface area contributed by atoms with Gasteiger partial charge in [0.15, 0.2) is 6.10 Å². The average Bonchev–Trinajstić information content (AvgIpc) is 2.71. The molecule has 2 aromatic rings. The van der Waals surface area contributed by atoms with Gasteiger partial charge in [0.05, 0.1) is 24.4 Å². The van der Waals surface area contributed by atoms with Crippen LogP contribution in [0.25, 0.3) is 0 Å². The van der Waals surface area contributed by atoms with Crippen molar-refractivity contribution in [3.63, 3.8) is 0 Å². The molecule has 0 fully saturated rings. The molecule has 0 saturated heterocycles. The van der Waals surface area contributed by atoms with E-state index in [4.69, 9.17) is 30.5 Å². The van der Waals surface area contributed by atoms with Gasteiger partial charge in [-0.25, -0.2) is 4.79 Å². The fraction of sp³-hybridized carbons (Fsp3) is 0.250. The Labute approximate surface area is 168 Å². The zero-order valence-corrected chi connectivity index (χ0v) is 16.4. The molecule has 0 spiro atoms. The SMILES string of the molecule is C=CC(=O)OC(COC)COc1ccc(N=Nc2ccc(OC)cc2Cl)cc1. The van der Waals surface area contributed by atoms with E-state index in [1.165, 1.54) is 7.11 Å². The molecule has 0 aliphatic heterocycles. The van der Waals surface area contributed by atoms with Crippen LogP contribution < -0.4 is 9.47 Å². The number of hydrogen-bond acceptors (Lipinski definition) is 7. The predicted molar refractivity (Wildman–Crippen MR) is 106 cm³/mol. The van der Waals surface area contributed by atoms with Crippen LogP contribution in [0, 0.1) is 0 Å². The molecule has 0 aromatic heterocycles. The minimum Gasteiger partial charge on any atom is -0.497 e. The maximum atomic E-state index is 11.3. The number of rotatable bonds is 10. The van der Waals surface area contributed by atoms with Crippen molar-refractivity contribution in [2.75, 3.05) is 27.4 Å². The molecule has 28 heavy (non-hydrogen) atoms. The summed E-state index contributed by atoms with van der Waals surface area (Å²) in [4.78, 5) is 11.3. The number of esters is 1. The van der Waals surface area contributed by atoms with Gasteiger partial charge in [-0.2, -0.15) is 5.11 Å². The van der Waals surface area contributed by atoms with Crippen LogP contribution in [0.5, 0.6) is 11.5 Å². The zero-order chi connectivity index (χ0) is 20.4. The van der Waals surface area contributed by atoms with E-state index in [1.54, 1.807) is 49.6 Å². The molecule has 0 amide bonds. The maximum absolute atomic E-state index is 11.3. The molecule has 0 aliphatic carbocycles. The van der Waals surface area contributed by atoms with Crippen molar-refractivity contribution in [3.8, 4) is 11.5 Å². The third kappa shape index (κ3) is 6.68. The first-order chi connectivity index (χ1) is 13.5. The molecule has 1 unspecified atom stereocenters. The normalized spacial score (nSPS) is 11.8. The van der Waals surface area contributed by atoms with Crippen molar-refractivity contribution in [2.45, 2.75) is 6.10 Å². The lowest BCUT2D eigenvalue weighted by Gasteiger charge is -2.16. The number of carbonyl (C=O) groups excluding carboxylic acids is 1. The Morgan fingerprint density at radius 3 is 2.43 bits per heavy atom. The fourth-order valence-electron chi connectivity index (χ4n) is 2.12. The summed E-state index contributed by atoms with van der Waals surface area (Å²) < 4.78 is 20.9. The molecule has 148 valence electrons. The standard InChI is InChI=1S/C20H21ClN2O5/c1-4-20(24)28-17(12-25-2)13-27-15-7-5-14(6-8-15)22-23-19-10-9-16(26-3)11-18(19)21/h4-11,17H,1,12-13H2,2-3H3. The van der Waals surface area contributed by atoms with Crippen LogP contribution in [0.15, 0.2) is 65.3 Å². The predicted octanol–water partition coefficient (Wildman–Crippen LogP) is 4.89. The van der Waals surface area contributed by atoms with Gasteiger partial charge in [-0.3, -0.25) is 0 Å². The fourth-order valence-corrected chi connectivity index (χ4v) is 2.33. The van der Waals surface area contributed by atoms with Gasteiger partial charge < -0.3 is 18.9 Å². The highest BCUT2D eigenvalue weighted by atomic mass is 35.5. The Morgan fingerprint density at radius 1 is 1.11 bits per heavy atom. The van der Waals surface area contributed by atoms with Crippen LogP contribution in [-0.4, -0.2) is 39.5 Å². The maximum Gasteiger partial charge on any atom is 0.330 e. The van der Waals surface area contributed by atoms with E-state index in [-0.39, 0.29) is 13.2 Å². The molecule has 0 radical (unpaired) electrons. The van der Waals surface area contributed by atoms with Gasteiger partial charge in [-0.15, -0.1) is 5.11 Å². The molecule has 0 N–H and O–H groups in total. The van der Waals surface area contributed by atoms with Gasteiger partial charge in [0.1, 0.15) is 23.8 Å². The molecule has 0 saturated carbocycles. The van der Waals surface area contributed by atoms with E-state index < -0.39 is 12.1 Å². The number of azo groups is 1. The number of halogens is 1. The molecule has 0 heterocycles. The third-order valence-electron chi connectivity index (χ3n) is 3.50. The lowest BCUT2D eigenvalue weighted by Crippen LogP contribution is -2.28. The average molecular weight is 405 g/mol. The van der Waals surface area contributed by atoms with Crippen LogP contribution in [0.1, 0.15) is 0 Å². The van der Waals surface area contributed by atoms with E-state index in [1.807, 2.05) is 0 Å². The van der Waals surface area contributed by atoms with Crippen molar-refractivity contribution in [1.82, 2.24) is 0 Å². The monoisotopic (exact) mass is 404 g/mol. The summed E-state index contributed by atoms with van der Waals surface area (Å²) in [7, 11) is 3.08. The Kier molecular flexibility index (Phi) is 8.45. The number of nitrogens with zero attached hydrogens (tertiary/aromatic N) is 2. The van der Waals surface area contributed by atoms with Gasteiger partial charge in [0, 0.05) is 19.3 Å². The summed E-state index contributed by atoms with van der Waals surface area (Å²) in [6.07, 6.45) is 0.560. The summed E-state index contributed by atoms with van der Waals surface area (Å²) in [6, 6.07) is 12.1. The smallest absolute Gasteiger partial charge is 0.330 e. The first-order valence-corrected chi connectivity index (χ1v) is 8.73. The van der Waals surface area contributed by atoms with Crippen molar-refractivity contribution >= 4 is 28.9 Å². The van der Waals surface area contributed by atoms with E-state index >= 15 is 0 Å². The summed E-state index contributed by atoms with van der Waals surface area (Å²) in [5, 5.41) is 8.73. The van der Waals surface area contributed by atoms with Crippen LogP contribution >= 0.6 is 11.6 Å². The van der Waals surface area contributed by atoms with Gasteiger partial charge in [-0.1, -0.05) is 18.2 Å². The van der Waals surface area contributed by atoms with Gasteiger partial charge in [0.2, 0.25) is 0 Å². The number of benzene rings is 2. The molecule has 8 heteroatoms. The lowest BCUT2D eigenvalue weighted by molar-refractivity contribution is -0.147. The molecular weight excluding hydrogens is 384 g/mol. The zero-order valence-electron chi connectivity index (χ0n) is 15.6. The van der Waals surface area contributed by atoms with Crippen molar-refractivity contribution in [3.05, 3.63) is 60.1 Å². The van der Waals surface area contributed by atoms with Crippen LogP contribution in [0.3, 0.4) is 0 Å². The molecule has 2 aromatic carbocycles. The number of ether oxygens (including phenoxy) is 4. The largest absolute Gasteiger partial charge is 0.497 e. The van der Waals surface area contributed by atoms with Crippen molar-refractivity contribution in [1.29, 1.82) is 0 Å². The van der Waals surface area contributed by atoms with E-state index in [2.05, 4.69) is 16.8 Å². The second-order valence-electron chi connectivity index (χ2n) is 5.54. The minimum absolute atomic E-state index is 0.149. The second kappa shape index (κ2) is 11.1. The van der Waals surface area contributed by atoms with Gasteiger partial charge >= 0.3 is 5.97 Å². The molecule has 1 atom stereocenters. The summed E-state index contributed by atoms with van der Waals surface area (Å²) in [5.74, 6) is 0.715. The van der Waals surface area contributed by atoms with E-state index in [0.29, 0.717) is 27.9 Å². The highest BCUT2D eigenvalue weighted by molar-refractivity contribution is 6.33. The minimum atomic E-state index is -0.535. The highest BCUT2D eigenvalue weighted by Gasteiger charge is 2.13. The third-order valence-corrected chi connectivity index (χ3v) is 3.81. The van der Waals surface area contributed by atoms with Crippen molar-refractivity contribution in [2.24, 2.45) is 10.2 Å². The van der Waals surface area contributed by atoms with Crippen LogP contribution in [-0.2, 0) is 14.3 Å². The van der Waals surface area contributed by atoms with E-state index in [0.717, 1.165) is 6.08 Å². The topological polar surface area (TPSA) is 78.7 Å². The lowest BCUT2D eigenvalue weighted by atomic mass is 10.3. The number of hydrogen-bond donors (Lipinski definition) is 0.